The standard InChI is InChI=1S/C11H12ClFN2O4/c12-7-5-6(13)1-2-8(7)14-11(19)15-9(3-4-16)10(17)18/h1-2,5,9,16H,3-4H2,(H,17,18)(H2,14,15,19)/t9-/m1/s1. The van der Waals surface area contributed by atoms with Crippen molar-refractivity contribution in [1.29, 1.82) is 0 Å². The van der Waals surface area contributed by atoms with E-state index in [1.54, 1.807) is 0 Å². The summed E-state index contributed by atoms with van der Waals surface area (Å²) in [5.74, 6) is -1.82. The molecule has 19 heavy (non-hydrogen) atoms. The van der Waals surface area contributed by atoms with E-state index in [4.69, 9.17) is 21.8 Å². The molecule has 0 fully saturated rings. The van der Waals surface area contributed by atoms with Crippen LogP contribution in [0.25, 0.3) is 0 Å². The Morgan fingerprint density at radius 1 is 1.42 bits per heavy atom. The van der Waals surface area contributed by atoms with Gasteiger partial charge in [-0.15, -0.1) is 0 Å². The Kier molecular flexibility index (Phi) is 5.53. The summed E-state index contributed by atoms with van der Waals surface area (Å²) >= 11 is 5.70. The van der Waals surface area contributed by atoms with E-state index in [1.807, 2.05) is 0 Å². The van der Waals surface area contributed by atoms with E-state index in [1.165, 1.54) is 6.07 Å². The molecule has 0 spiro atoms. The van der Waals surface area contributed by atoms with Gasteiger partial charge in [-0.2, -0.15) is 0 Å². The highest BCUT2D eigenvalue weighted by Crippen LogP contribution is 2.22. The number of aliphatic carboxylic acids is 1. The van der Waals surface area contributed by atoms with Gasteiger partial charge in [-0.25, -0.2) is 14.0 Å². The summed E-state index contributed by atoms with van der Waals surface area (Å²) in [6, 6.07) is 1.33. The van der Waals surface area contributed by atoms with Crippen molar-refractivity contribution in [3.05, 3.63) is 29.0 Å². The lowest BCUT2D eigenvalue weighted by Crippen LogP contribution is -2.43. The summed E-state index contributed by atoms with van der Waals surface area (Å²) in [6.45, 7) is -0.380. The summed E-state index contributed by atoms with van der Waals surface area (Å²) in [4.78, 5) is 22.3. The number of carbonyl (C=O) groups is 2. The van der Waals surface area contributed by atoms with Crippen molar-refractivity contribution in [2.45, 2.75) is 12.5 Å². The molecule has 1 aromatic carbocycles. The average molecular weight is 291 g/mol. The fraction of sp³-hybridized carbons (Fsp3) is 0.273. The minimum atomic E-state index is -1.27. The molecule has 0 radical (unpaired) electrons. The highest BCUT2D eigenvalue weighted by Gasteiger charge is 2.19. The largest absolute Gasteiger partial charge is 0.480 e. The number of halogens is 2. The first kappa shape index (κ1) is 15.2. The van der Waals surface area contributed by atoms with Crippen LogP contribution in [0.1, 0.15) is 6.42 Å². The summed E-state index contributed by atoms with van der Waals surface area (Å²) < 4.78 is 12.8. The second kappa shape index (κ2) is 6.91. The molecule has 1 rings (SSSR count). The lowest BCUT2D eigenvalue weighted by atomic mass is 10.2. The van der Waals surface area contributed by atoms with Gasteiger partial charge in [0.1, 0.15) is 11.9 Å². The second-order valence-electron chi connectivity index (χ2n) is 3.63. The zero-order valence-corrected chi connectivity index (χ0v) is 10.4. The molecule has 1 aromatic rings. The van der Waals surface area contributed by atoms with Gasteiger partial charge < -0.3 is 20.8 Å². The van der Waals surface area contributed by atoms with Gasteiger partial charge in [0.2, 0.25) is 0 Å². The summed E-state index contributed by atoms with van der Waals surface area (Å²) in [6.07, 6.45) is -0.125. The zero-order chi connectivity index (χ0) is 14.4. The Hall–Kier alpha value is -1.86. The van der Waals surface area contributed by atoms with Gasteiger partial charge in [0.25, 0.3) is 0 Å². The molecule has 0 aliphatic carbocycles. The summed E-state index contributed by atoms with van der Waals surface area (Å²) in [5.41, 5.74) is 0.147. The van der Waals surface area contributed by atoms with E-state index in [-0.39, 0.29) is 23.7 Å². The van der Waals surface area contributed by atoms with E-state index in [0.29, 0.717) is 0 Å². The van der Waals surface area contributed by atoms with E-state index in [0.717, 1.165) is 12.1 Å². The Bertz CT molecular complexity index is 484. The number of aliphatic hydroxyl groups excluding tert-OH is 1. The molecule has 104 valence electrons. The van der Waals surface area contributed by atoms with Crippen molar-refractivity contribution in [2.24, 2.45) is 0 Å². The molecular weight excluding hydrogens is 279 g/mol. The molecule has 6 nitrogen and oxygen atoms in total. The lowest BCUT2D eigenvalue weighted by Gasteiger charge is -2.14. The molecule has 0 unspecified atom stereocenters. The van der Waals surface area contributed by atoms with Gasteiger partial charge >= 0.3 is 12.0 Å². The third kappa shape index (κ3) is 4.72. The fourth-order valence-corrected chi connectivity index (χ4v) is 1.51. The Balaban J connectivity index is 2.66. The highest BCUT2D eigenvalue weighted by atomic mass is 35.5. The topological polar surface area (TPSA) is 98.7 Å². The Morgan fingerprint density at radius 2 is 2.11 bits per heavy atom. The second-order valence-corrected chi connectivity index (χ2v) is 4.03. The van der Waals surface area contributed by atoms with Crippen molar-refractivity contribution < 1.29 is 24.2 Å². The predicted octanol–water partition coefficient (Wildman–Crippen LogP) is 1.44. The van der Waals surface area contributed by atoms with Gasteiger partial charge in [-0.3, -0.25) is 0 Å². The molecule has 0 bridgehead atoms. The van der Waals surface area contributed by atoms with E-state index in [2.05, 4.69) is 10.6 Å². The van der Waals surface area contributed by atoms with Crippen LogP contribution < -0.4 is 10.6 Å². The fourth-order valence-electron chi connectivity index (χ4n) is 1.29. The highest BCUT2D eigenvalue weighted by molar-refractivity contribution is 6.33. The maximum Gasteiger partial charge on any atom is 0.326 e. The van der Waals surface area contributed by atoms with Crippen LogP contribution in [0.4, 0.5) is 14.9 Å². The molecule has 0 aliphatic rings. The van der Waals surface area contributed by atoms with E-state index >= 15 is 0 Å². The van der Waals surface area contributed by atoms with Crippen LogP contribution in [-0.2, 0) is 4.79 Å². The Labute approximate surface area is 113 Å². The van der Waals surface area contributed by atoms with Crippen LogP contribution in [0.5, 0.6) is 0 Å². The first-order valence-corrected chi connectivity index (χ1v) is 5.68. The SMILES string of the molecule is O=C(Nc1ccc(F)cc1Cl)N[C@H](CCO)C(=O)O. The predicted molar refractivity (Wildman–Crippen MR) is 66.7 cm³/mol. The number of aliphatic hydroxyl groups is 1. The number of rotatable bonds is 5. The van der Waals surface area contributed by atoms with Crippen LogP contribution in [-0.4, -0.2) is 34.9 Å². The van der Waals surface area contributed by atoms with Crippen molar-refractivity contribution in [2.75, 3.05) is 11.9 Å². The monoisotopic (exact) mass is 290 g/mol. The van der Waals surface area contributed by atoms with Crippen LogP contribution in [0.15, 0.2) is 18.2 Å². The maximum absolute atomic E-state index is 12.8. The van der Waals surface area contributed by atoms with Gasteiger partial charge in [0, 0.05) is 13.0 Å². The van der Waals surface area contributed by atoms with Crippen molar-refractivity contribution in [3.8, 4) is 0 Å². The molecule has 0 saturated carbocycles. The molecule has 0 heterocycles. The number of nitrogens with one attached hydrogen (secondary N) is 2. The first-order valence-electron chi connectivity index (χ1n) is 5.30. The zero-order valence-electron chi connectivity index (χ0n) is 9.69. The van der Waals surface area contributed by atoms with Crippen molar-refractivity contribution >= 4 is 29.3 Å². The number of hydrogen-bond donors (Lipinski definition) is 4. The third-order valence-corrected chi connectivity index (χ3v) is 2.51. The number of hydrogen-bond acceptors (Lipinski definition) is 3. The lowest BCUT2D eigenvalue weighted by molar-refractivity contribution is -0.139. The smallest absolute Gasteiger partial charge is 0.326 e. The van der Waals surface area contributed by atoms with E-state index < -0.39 is 23.9 Å². The summed E-state index contributed by atoms with van der Waals surface area (Å²) in [7, 11) is 0. The van der Waals surface area contributed by atoms with Crippen LogP contribution in [0.2, 0.25) is 5.02 Å². The minimum absolute atomic E-state index is 0.0100. The molecule has 0 aliphatic heterocycles. The van der Waals surface area contributed by atoms with Crippen LogP contribution in [0, 0.1) is 5.82 Å². The normalized spacial score (nSPS) is 11.7. The number of benzene rings is 1. The molecule has 0 saturated heterocycles. The molecular formula is C11H12ClFN2O4. The van der Waals surface area contributed by atoms with Crippen LogP contribution in [0.3, 0.4) is 0 Å². The number of carboxylic acid groups (broad SMARTS) is 1. The Morgan fingerprint density at radius 3 is 2.63 bits per heavy atom. The number of carbonyl (C=O) groups excluding carboxylic acids is 1. The van der Waals surface area contributed by atoms with Gasteiger partial charge in [0.05, 0.1) is 10.7 Å². The van der Waals surface area contributed by atoms with Crippen LogP contribution >= 0.6 is 11.6 Å². The molecule has 0 aromatic heterocycles. The molecule has 1 atom stereocenters. The van der Waals surface area contributed by atoms with Gasteiger partial charge in [-0.1, -0.05) is 11.6 Å². The van der Waals surface area contributed by atoms with E-state index in [9.17, 15) is 14.0 Å². The number of urea groups is 1. The van der Waals surface area contributed by atoms with Crippen molar-refractivity contribution in [1.82, 2.24) is 5.32 Å². The van der Waals surface area contributed by atoms with Crippen molar-refractivity contribution in [3.63, 3.8) is 0 Å². The van der Waals surface area contributed by atoms with Gasteiger partial charge in [-0.05, 0) is 18.2 Å². The summed E-state index contributed by atoms with van der Waals surface area (Å²) in [5, 5.41) is 21.9. The number of carboxylic acids is 1. The third-order valence-electron chi connectivity index (χ3n) is 2.20. The quantitative estimate of drug-likeness (QED) is 0.659. The van der Waals surface area contributed by atoms with Gasteiger partial charge in [0.15, 0.2) is 0 Å². The minimum Gasteiger partial charge on any atom is -0.480 e. The molecule has 4 N–H and O–H groups in total. The average Bonchev–Trinajstić information content (AvgIpc) is 2.32. The number of amides is 2. The first-order chi connectivity index (χ1) is 8.93. The molecule has 2 amide bonds. The molecule has 8 heteroatoms. The maximum atomic E-state index is 12.8. The number of anilines is 1.